The van der Waals surface area contributed by atoms with Crippen molar-refractivity contribution in [2.45, 2.75) is 25.9 Å². The number of ether oxygens (including phenoxy) is 1. The third kappa shape index (κ3) is 5.17. The van der Waals surface area contributed by atoms with E-state index in [2.05, 4.69) is 4.98 Å². The third-order valence-electron chi connectivity index (χ3n) is 4.71. The van der Waals surface area contributed by atoms with Gasteiger partial charge in [-0.1, -0.05) is 6.07 Å². The number of hydrogen-bond donors (Lipinski definition) is 0. The molecule has 7 nitrogen and oxygen atoms in total. The summed E-state index contributed by atoms with van der Waals surface area (Å²) in [6, 6.07) is 9.32. The van der Waals surface area contributed by atoms with Crippen LogP contribution in [0.5, 0.6) is 0 Å². The number of carbonyl (C=O) groups excluding carboxylic acids is 2. The Kier molecular flexibility index (Phi) is 6.59. The Morgan fingerprint density at radius 3 is 2.89 bits per heavy atom. The summed E-state index contributed by atoms with van der Waals surface area (Å²) in [6.07, 6.45) is 4.90. The van der Waals surface area contributed by atoms with Gasteiger partial charge in [0.05, 0.1) is 31.0 Å². The van der Waals surface area contributed by atoms with Crippen LogP contribution in [0.25, 0.3) is 0 Å². The van der Waals surface area contributed by atoms with Gasteiger partial charge in [0.2, 0.25) is 11.8 Å². The van der Waals surface area contributed by atoms with Crippen molar-refractivity contribution in [1.82, 2.24) is 14.8 Å². The first kappa shape index (κ1) is 19.1. The van der Waals surface area contributed by atoms with E-state index in [-0.39, 0.29) is 24.3 Å². The quantitative estimate of drug-likeness (QED) is 0.745. The molecule has 0 N–H and O–H groups in total. The van der Waals surface area contributed by atoms with Gasteiger partial charge in [-0.15, -0.1) is 0 Å². The summed E-state index contributed by atoms with van der Waals surface area (Å²) in [5.41, 5.74) is 0.820. The fourth-order valence-electron chi connectivity index (χ4n) is 3.37. The molecule has 0 aliphatic carbocycles. The average Bonchev–Trinajstić information content (AvgIpc) is 3.21. The van der Waals surface area contributed by atoms with Crippen molar-refractivity contribution in [1.29, 1.82) is 0 Å². The van der Waals surface area contributed by atoms with E-state index in [9.17, 15) is 9.59 Å². The summed E-state index contributed by atoms with van der Waals surface area (Å²) in [7, 11) is 1.50. The monoisotopic (exact) mass is 371 g/mol. The van der Waals surface area contributed by atoms with Gasteiger partial charge < -0.3 is 19.0 Å². The lowest BCUT2D eigenvalue weighted by atomic mass is 9.96. The standard InChI is InChI=1S/C20H25N3O4/c1-26-15-19(24)22-10-4-6-16(12-22)20(25)23(14-18-8-5-11-27-18)13-17-7-2-3-9-21-17/h2-3,5,7-9,11,16H,4,6,10,12-15H2,1H3/t16-/m1/s1. The first-order valence-electron chi connectivity index (χ1n) is 9.15. The predicted molar refractivity (Wildman–Crippen MR) is 98.4 cm³/mol. The molecule has 144 valence electrons. The minimum Gasteiger partial charge on any atom is -0.467 e. The molecule has 1 fully saturated rings. The Morgan fingerprint density at radius 2 is 2.19 bits per heavy atom. The van der Waals surface area contributed by atoms with E-state index in [1.165, 1.54) is 7.11 Å². The van der Waals surface area contributed by atoms with Crippen LogP contribution in [0.1, 0.15) is 24.3 Å². The van der Waals surface area contributed by atoms with Gasteiger partial charge in [-0.2, -0.15) is 0 Å². The van der Waals surface area contributed by atoms with Gasteiger partial charge in [0.15, 0.2) is 0 Å². The Labute approximate surface area is 158 Å². The zero-order valence-electron chi connectivity index (χ0n) is 15.5. The second-order valence-electron chi connectivity index (χ2n) is 6.71. The van der Waals surface area contributed by atoms with Crippen LogP contribution in [0.4, 0.5) is 0 Å². The predicted octanol–water partition coefficient (Wildman–Crippen LogP) is 2.09. The molecular weight excluding hydrogens is 346 g/mol. The molecule has 0 bridgehead atoms. The highest BCUT2D eigenvalue weighted by molar-refractivity contribution is 5.82. The number of carbonyl (C=O) groups is 2. The normalized spacial score (nSPS) is 16.9. The van der Waals surface area contributed by atoms with Crippen molar-refractivity contribution in [3.05, 3.63) is 54.2 Å². The molecule has 7 heteroatoms. The van der Waals surface area contributed by atoms with Crippen LogP contribution in [0.2, 0.25) is 0 Å². The highest BCUT2D eigenvalue weighted by Crippen LogP contribution is 2.21. The molecule has 2 aromatic heterocycles. The van der Waals surface area contributed by atoms with Crippen LogP contribution in [0, 0.1) is 5.92 Å². The number of furan rings is 1. The largest absolute Gasteiger partial charge is 0.467 e. The molecule has 1 saturated heterocycles. The molecule has 27 heavy (non-hydrogen) atoms. The Bertz CT molecular complexity index is 733. The Morgan fingerprint density at radius 1 is 1.30 bits per heavy atom. The zero-order valence-corrected chi connectivity index (χ0v) is 15.5. The number of pyridine rings is 1. The summed E-state index contributed by atoms with van der Waals surface area (Å²) in [5.74, 6) is 0.449. The molecule has 3 heterocycles. The molecule has 2 amide bonds. The highest BCUT2D eigenvalue weighted by Gasteiger charge is 2.31. The number of hydrogen-bond acceptors (Lipinski definition) is 5. The Hall–Kier alpha value is -2.67. The molecule has 1 atom stereocenters. The number of amides is 2. The summed E-state index contributed by atoms with van der Waals surface area (Å²) < 4.78 is 10.4. The van der Waals surface area contributed by atoms with E-state index < -0.39 is 0 Å². The molecule has 0 unspecified atom stereocenters. The van der Waals surface area contributed by atoms with Crippen LogP contribution < -0.4 is 0 Å². The minimum atomic E-state index is -0.224. The van der Waals surface area contributed by atoms with Gasteiger partial charge >= 0.3 is 0 Å². The highest BCUT2D eigenvalue weighted by atomic mass is 16.5. The van der Waals surface area contributed by atoms with E-state index in [1.807, 2.05) is 30.3 Å². The lowest BCUT2D eigenvalue weighted by Gasteiger charge is -2.34. The molecular formula is C20H25N3O4. The molecule has 0 aromatic carbocycles. The summed E-state index contributed by atoms with van der Waals surface area (Å²) in [5, 5.41) is 0. The fraction of sp³-hybridized carbons (Fsp3) is 0.450. The molecule has 3 rings (SSSR count). The van der Waals surface area contributed by atoms with Gasteiger partial charge in [-0.25, -0.2) is 0 Å². The smallest absolute Gasteiger partial charge is 0.248 e. The topological polar surface area (TPSA) is 75.9 Å². The van der Waals surface area contributed by atoms with E-state index in [0.29, 0.717) is 26.2 Å². The second kappa shape index (κ2) is 9.32. The van der Waals surface area contributed by atoms with Crippen LogP contribution in [-0.4, -0.2) is 53.4 Å². The Balaban J connectivity index is 1.72. The molecule has 0 spiro atoms. The summed E-state index contributed by atoms with van der Waals surface area (Å²) in [4.78, 5) is 33.2. The van der Waals surface area contributed by atoms with Gasteiger partial charge in [-0.05, 0) is 37.1 Å². The van der Waals surface area contributed by atoms with Gasteiger partial charge in [0.1, 0.15) is 12.4 Å². The van der Waals surface area contributed by atoms with Crippen LogP contribution in [-0.2, 0) is 27.4 Å². The first-order valence-corrected chi connectivity index (χ1v) is 9.15. The fourth-order valence-corrected chi connectivity index (χ4v) is 3.37. The maximum absolute atomic E-state index is 13.2. The number of aromatic nitrogens is 1. The number of likely N-dealkylation sites (tertiary alicyclic amines) is 1. The van der Waals surface area contributed by atoms with Gasteiger partial charge in [0, 0.05) is 26.4 Å². The van der Waals surface area contributed by atoms with Crippen molar-refractivity contribution < 1.29 is 18.7 Å². The second-order valence-corrected chi connectivity index (χ2v) is 6.71. The first-order chi connectivity index (χ1) is 13.2. The van der Waals surface area contributed by atoms with Gasteiger partial charge in [-0.3, -0.25) is 14.6 Å². The van der Waals surface area contributed by atoms with Crippen molar-refractivity contribution in [2.24, 2.45) is 5.92 Å². The zero-order chi connectivity index (χ0) is 19.1. The SMILES string of the molecule is COCC(=O)N1CCC[C@@H](C(=O)N(Cc2ccccn2)Cc2ccco2)C1. The van der Waals surface area contributed by atoms with E-state index in [4.69, 9.17) is 9.15 Å². The van der Waals surface area contributed by atoms with Crippen molar-refractivity contribution in [2.75, 3.05) is 26.8 Å². The van der Waals surface area contributed by atoms with Gasteiger partial charge in [0.25, 0.3) is 0 Å². The maximum Gasteiger partial charge on any atom is 0.248 e. The molecule has 0 radical (unpaired) electrons. The van der Waals surface area contributed by atoms with Crippen molar-refractivity contribution in [3.63, 3.8) is 0 Å². The van der Waals surface area contributed by atoms with Crippen molar-refractivity contribution >= 4 is 11.8 Å². The number of rotatable bonds is 7. The number of methoxy groups -OCH3 is 1. The van der Waals surface area contributed by atoms with E-state index in [1.54, 1.807) is 22.3 Å². The van der Waals surface area contributed by atoms with E-state index >= 15 is 0 Å². The van der Waals surface area contributed by atoms with Crippen LogP contribution >= 0.6 is 0 Å². The lowest BCUT2D eigenvalue weighted by molar-refractivity contribution is -0.143. The maximum atomic E-state index is 13.2. The lowest BCUT2D eigenvalue weighted by Crippen LogP contribution is -2.47. The third-order valence-corrected chi connectivity index (χ3v) is 4.71. The van der Waals surface area contributed by atoms with Crippen LogP contribution in [0.3, 0.4) is 0 Å². The van der Waals surface area contributed by atoms with E-state index in [0.717, 1.165) is 24.3 Å². The molecule has 1 aliphatic rings. The minimum absolute atomic E-state index is 0.0203. The van der Waals surface area contributed by atoms with Crippen molar-refractivity contribution in [3.8, 4) is 0 Å². The summed E-state index contributed by atoms with van der Waals surface area (Å²) in [6.45, 7) is 1.93. The number of piperidine rings is 1. The molecule has 0 saturated carbocycles. The van der Waals surface area contributed by atoms with Crippen LogP contribution in [0.15, 0.2) is 47.2 Å². The molecule has 1 aliphatic heterocycles. The average molecular weight is 371 g/mol. The summed E-state index contributed by atoms with van der Waals surface area (Å²) >= 11 is 0. The number of nitrogens with zero attached hydrogens (tertiary/aromatic N) is 3. The molecule has 2 aromatic rings.